The van der Waals surface area contributed by atoms with Crippen LogP contribution in [0.1, 0.15) is 69.7 Å². The molecule has 1 N–H and O–H groups in total. The first kappa shape index (κ1) is 23.7. The molecule has 1 amide bonds. The van der Waals surface area contributed by atoms with E-state index in [2.05, 4.69) is 4.90 Å². The molecule has 1 fully saturated rings. The molecule has 1 aromatic carbocycles. The van der Waals surface area contributed by atoms with Gasteiger partial charge in [-0.2, -0.15) is 0 Å². The summed E-state index contributed by atoms with van der Waals surface area (Å²) in [6.07, 6.45) is 3.58. The summed E-state index contributed by atoms with van der Waals surface area (Å²) in [7, 11) is 0. The number of hydrogen-bond acceptors (Lipinski definition) is 5. The Morgan fingerprint density at radius 2 is 1.47 bits per heavy atom. The van der Waals surface area contributed by atoms with Crippen molar-refractivity contribution in [2.75, 3.05) is 31.1 Å². The zero-order chi connectivity index (χ0) is 22.1. The zero-order valence-corrected chi connectivity index (χ0v) is 18.4. The largest absolute Gasteiger partial charge is 0.481 e. The van der Waals surface area contributed by atoms with Crippen LogP contribution in [0.5, 0.6) is 0 Å². The van der Waals surface area contributed by atoms with Gasteiger partial charge in [0, 0.05) is 50.3 Å². The Bertz CT molecular complexity index is 716. The van der Waals surface area contributed by atoms with Crippen molar-refractivity contribution in [1.82, 2.24) is 4.90 Å². The van der Waals surface area contributed by atoms with Crippen molar-refractivity contribution in [2.24, 2.45) is 0 Å². The van der Waals surface area contributed by atoms with E-state index in [0.29, 0.717) is 31.5 Å². The Morgan fingerprint density at radius 1 is 0.900 bits per heavy atom. The molecule has 166 valence electrons. The van der Waals surface area contributed by atoms with E-state index in [9.17, 15) is 14.4 Å². The van der Waals surface area contributed by atoms with Gasteiger partial charge in [-0.1, -0.05) is 12.8 Å². The number of unbranched alkanes of at least 4 members (excludes halogenated alkanes) is 3. The Kier molecular flexibility index (Phi) is 8.69. The molecule has 7 heteroatoms. The molecule has 0 radical (unpaired) electrons. The summed E-state index contributed by atoms with van der Waals surface area (Å²) in [6, 6.07) is 7.65. The van der Waals surface area contributed by atoms with Crippen molar-refractivity contribution < 1.29 is 24.2 Å². The Hall–Kier alpha value is -2.57. The smallest absolute Gasteiger partial charge is 0.410 e. The van der Waals surface area contributed by atoms with E-state index < -0.39 is 11.6 Å². The van der Waals surface area contributed by atoms with E-state index in [1.54, 1.807) is 4.90 Å². The van der Waals surface area contributed by atoms with E-state index in [-0.39, 0.29) is 18.3 Å². The molecule has 0 atom stereocenters. The summed E-state index contributed by atoms with van der Waals surface area (Å²) >= 11 is 0. The second kappa shape index (κ2) is 11.0. The molecule has 1 aliphatic heterocycles. The van der Waals surface area contributed by atoms with E-state index in [1.807, 2.05) is 45.0 Å². The van der Waals surface area contributed by atoms with Crippen LogP contribution in [0.2, 0.25) is 0 Å². The third kappa shape index (κ3) is 8.05. The number of ether oxygens (including phenoxy) is 1. The minimum atomic E-state index is -0.766. The number of rotatable bonds is 9. The Balaban J connectivity index is 1.75. The number of amides is 1. The number of Topliss-reactive ketones (excluding diaryl/α,β-unsaturated/α-hetero) is 1. The third-order valence-electron chi connectivity index (χ3n) is 5.03. The number of nitrogens with zero attached hydrogens (tertiary/aromatic N) is 2. The fourth-order valence-electron chi connectivity index (χ4n) is 3.39. The highest BCUT2D eigenvalue weighted by Crippen LogP contribution is 2.20. The number of benzene rings is 1. The van der Waals surface area contributed by atoms with Crippen molar-refractivity contribution in [2.45, 2.75) is 64.9 Å². The summed E-state index contributed by atoms with van der Waals surface area (Å²) in [6.45, 7) is 8.26. The highest BCUT2D eigenvalue weighted by atomic mass is 16.6. The van der Waals surface area contributed by atoms with Gasteiger partial charge in [0.05, 0.1) is 0 Å². The fourth-order valence-corrected chi connectivity index (χ4v) is 3.39. The van der Waals surface area contributed by atoms with Gasteiger partial charge < -0.3 is 19.6 Å². The first-order valence-corrected chi connectivity index (χ1v) is 10.7. The van der Waals surface area contributed by atoms with Crippen LogP contribution in [0.15, 0.2) is 24.3 Å². The van der Waals surface area contributed by atoms with Gasteiger partial charge in [0.25, 0.3) is 0 Å². The number of carbonyl (C=O) groups excluding carboxylic acids is 2. The van der Waals surface area contributed by atoms with Crippen LogP contribution in [0.3, 0.4) is 0 Å². The zero-order valence-electron chi connectivity index (χ0n) is 18.4. The van der Waals surface area contributed by atoms with Gasteiger partial charge in [-0.05, 0) is 57.9 Å². The maximum absolute atomic E-state index is 12.3. The minimum absolute atomic E-state index is 0.120. The predicted octanol–water partition coefficient (Wildman–Crippen LogP) is 4.35. The molecule has 1 saturated heterocycles. The van der Waals surface area contributed by atoms with E-state index in [4.69, 9.17) is 9.84 Å². The summed E-state index contributed by atoms with van der Waals surface area (Å²) in [5.41, 5.74) is 1.26. The second-order valence-corrected chi connectivity index (χ2v) is 8.73. The number of piperazine rings is 1. The fraction of sp³-hybridized carbons (Fsp3) is 0.609. The molecular formula is C23H34N2O5. The average Bonchev–Trinajstić information content (AvgIpc) is 2.69. The van der Waals surface area contributed by atoms with Gasteiger partial charge in [-0.15, -0.1) is 0 Å². The first-order chi connectivity index (χ1) is 14.2. The van der Waals surface area contributed by atoms with Crippen LogP contribution in [0, 0.1) is 0 Å². The average molecular weight is 419 g/mol. The number of anilines is 1. The number of carboxylic acids is 1. The van der Waals surface area contributed by atoms with E-state index in [1.165, 1.54) is 0 Å². The maximum Gasteiger partial charge on any atom is 0.410 e. The quantitative estimate of drug-likeness (QED) is 0.474. The summed E-state index contributed by atoms with van der Waals surface area (Å²) in [5.74, 6) is -0.646. The lowest BCUT2D eigenvalue weighted by atomic mass is 10.0. The lowest BCUT2D eigenvalue weighted by molar-refractivity contribution is -0.137. The van der Waals surface area contributed by atoms with Crippen molar-refractivity contribution in [3.63, 3.8) is 0 Å². The molecule has 2 rings (SSSR count). The number of ketones is 1. The molecule has 1 heterocycles. The normalized spacial score (nSPS) is 14.5. The highest BCUT2D eigenvalue weighted by molar-refractivity contribution is 5.96. The molecule has 0 unspecified atom stereocenters. The van der Waals surface area contributed by atoms with Crippen LogP contribution in [0.25, 0.3) is 0 Å². The van der Waals surface area contributed by atoms with E-state index >= 15 is 0 Å². The van der Waals surface area contributed by atoms with Crippen LogP contribution < -0.4 is 4.90 Å². The highest BCUT2D eigenvalue weighted by Gasteiger charge is 2.26. The molecule has 0 aromatic heterocycles. The summed E-state index contributed by atoms with van der Waals surface area (Å²) < 4.78 is 5.43. The predicted molar refractivity (Wildman–Crippen MR) is 116 cm³/mol. The van der Waals surface area contributed by atoms with Crippen LogP contribution in [-0.4, -0.2) is 59.6 Å². The Labute approximate surface area is 179 Å². The van der Waals surface area contributed by atoms with Gasteiger partial charge in [-0.25, -0.2) is 4.79 Å². The van der Waals surface area contributed by atoms with Gasteiger partial charge in [0.1, 0.15) is 5.60 Å². The van der Waals surface area contributed by atoms with Crippen LogP contribution in [-0.2, 0) is 9.53 Å². The molecule has 7 nitrogen and oxygen atoms in total. The SMILES string of the molecule is CC(C)(C)OC(=O)N1CCN(c2ccc(C(=O)CCCCCCC(=O)O)cc2)CC1. The van der Waals surface area contributed by atoms with Gasteiger partial charge >= 0.3 is 12.1 Å². The number of carboxylic acid groups (broad SMARTS) is 1. The molecular weight excluding hydrogens is 384 g/mol. The summed E-state index contributed by atoms with van der Waals surface area (Å²) in [4.78, 5) is 38.9. The van der Waals surface area contributed by atoms with Crippen LogP contribution >= 0.6 is 0 Å². The van der Waals surface area contributed by atoms with E-state index in [0.717, 1.165) is 38.0 Å². The lowest BCUT2D eigenvalue weighted by Gasteiger charge is -2.36. The number of aliphatic carboxylic acids is 1. The standard InChI is InChI=1S/C23H34N2O5/c1-23(2,3)30-22(29)25-16-14-24(15-17-25)19-12-10-18(11-13-19)20(26)8-6-4-5-7-9-21(27)28/h10-13H,4-9,14-17H2,1-3H3,(H,27,28). The van der Waals surface area contributed by atoms with Crippen LogP contribution in [0.4, 0.5) is 10.5 Å². The first-order valence-electron chi connectivity index (χ1n) is 10.7. The van der Waals surface area contributed by atoms with Crippen molar-refractivity contribution >= 4 is 23.5 Å². The molecule has 0 saturated carbocycles. The minimum Gasteiger partial charge on any atom is -0.481 e. The van der Waals surface area contributed by atoms with Crippen molar-refractivity contribution in [1.29, 1.82) is 0 Å². The topological polar surface area (TPSA) is 87.2 Å². The van der Waals surface area contributed by atoms with Gasteiger partial charge in [0.2, 0.25) is 0 Å². The monoisotopic (exact) mass is 418 g/mol. The summed E-state index contributed by atoms with van der Waals surface area (Å²) in [5, 5.41) is 8.62. The van der Waals surface area contributed by atoms with Crippen molar-refractivity contribution in [3.05, 3.63) is 29.8 Å². The molecule has 0 bridgehead atoms. The molecule has 0 aliphatic carbocycles. The van der Waals surface area contributed by atoms with Gasteiger partial charge in [0.15, 0.2) is 5.78 Å². The molecule has 30 heavy (non-hydrogen) atoms. The molecule has 1 aliphatic rings. The number of hydrogen-bond donors (Lipinski definition) is 1. The second-order valence-electron chi connectivity index (χ2n) is 8.73. The third-order valence-corrected chi connectivity index (χ3v) is 5.03. The lowest BCUT2D eigenvalue weighted by Crippen LogP contribution is -2.50. The van der Waals surface area contributed by atoms with Gasteiger partial charge in [-0.3, -0.25) is 9.59 Å². The van der Waals surface area contributed by atoms with Crippen molar-refractivity contribution in [3.8, 4) is 0 Å². The Morgan fingerprint density at radius 3 is 2.00 bits per heavy atom. The maximum atomic E-state index is 12.3. The molecule has 0 spiro atoms. The number of carbonyl (C=O) groups is 3. The molecule has 1 aromatic rings.